The summed E-state index contributed by atoms with van der Waals surface area (Å²) in [7, 11) is 1.49. The molecular formula is C23H35N3O5. The molecule has 1 aromatic carbocycles. The van der Waals surface area contributed by atoms with Crippen molar-refractivity contribution in [2.75, 3.05) is 18.9 Å². The fraction of sp³-hybridized carbons (Fsp3) is 0.609. The van der Waals surface area contributed by atoms with Gasteiger partial charge in [-0.1, -0.05) is 32.0 Å². The molecule has 1 aliphatic rings. The number of amides is 2. The summed E-state index contributed by atoms with van der Waals surface area (Å²) in [5.41, 5.74) is 1.35. The molecule has 1 aliphatic heterocycles. The maximum Gasteiger partial charge on any atom is 0.408 e. The predicted molar refractivity (Wildman–Crippen MR) is 119 cm³/mol. The highest BCUT2D eigenvalue weighted by Crippen LogP contribution is 2.34. The van der Waals surface area contributed by atoms with Gasteiger partial charge in [0, 0.05) is 25.2 Å². The summed E-state index contributed by atoms with van der Waals surface area (Å²) in [6, 6.07) is 5.91. The van der Waals surface area contributed by atoms with Gasteiger partial charge in [0.25, 0.3) is 0 Å². The molecule has 2 amide bonds. The number of anilines is 1. The van der Waals surface area contributed by atoms with Crippen molar-refractivity contribution in [2.45, 2.75) is 71.1 Å². The smallest absolute Gasteiger partial charge is 0.408 e. The van der Waals surface area contributed by atoms with Crippen molar-refractivity contribution in [1.29, 1.82) is 0 Å². The number of nitrogens with one attached hydrogen (secondary N) is 2. The number of carboxylic acids is 1. The van der Waals surface area contributed by atoms with Gasteiger partial charge in [0.15, 0.2) is 0 Å². The number of hydrogen-bond donors (Lipinski definition) is 3. The van der Waals surface area contributed by atoms with Gasteiger partial charge in [0.2, 0.25) is 5.91 Å². The number of hydrogen-bond acceptors (Lipinski definition) is 5. The third-order valence-corrected chi connectivity index (χ3v) is 5.24. The lowest BCUT2D eigenvalue weighted by atomic mass is 9.92. The van der Waals surface area contributed by atoms with E-state index in [0.29, 0.717) is 13.0 Å². The van der Waals surface area contributed by atoms with Crippen molar-refractivity contribution in [1.82, 2.24) is 10.2 Å². The fourth-order valence-corrected chi connectivity index (χ4v) is 3.80. The quantitative estimate of drug-likeness (QED) is 0.580. The number of carbonyl (C=O) groups is 3. The van der Waals surface area contributed by atoms with Crippen molar-refractivity contribution >= 4 is 23.7 Å². The van der Waals surface area contributed by atoms with Gasteiger partial charge in [-0.25, -0.2) is 9.59 Å². The van der Waals surface area contributed by atoms with Gasteiger partial charge in [0.1, 0.15) is 17.7 Å². The second-order valence-electron chi connectivity index (χ2n) is 9.53. The van der Waals surface area contributed by atoms with Gasteiger partial charge in [-0.2, -0.15) is 0 Å². The van der Waals surface area contributed by atoms with Crippen LogP contribution in [0.15, 0.2) is 24.3 Å². The molecule has 0 radical (unpaired) electrons. The van der Waals surface area contributed by atoms with Crippen LogP contribution in [0.5, 0.6) is 0 Å². The number of rotatable bonds is 8. The van der Waals surface area contributed by atoms with Gasteiger partial charge in [-0.15, -0.1) is 0 Å². The normalized spacial score (nSPS) is 17.3. The summed E-state index contributed by atoms with van der Waals surface area (Å²) >= 11 is 0. The molecule has 31 heavy (non-hydrogen) atoms. The topological polar surface area (TPSA) is 108 Å². The average molecular weight is 434 g/mol. The fourth-order valence-electron chi connectivity index (χ4n) is 3.80. The highest BCUT2D eigenvalue weighted by molar-refractivity contribution is 5.89. The molecular weight excluding hydrogens is 398 g/mol. The Hall–Kier alpha value is -2.77. The minimum atomic E-state index is -1.07. The van der Waals surface area contributed by atoms with Crippen LogP contribution >= 0.6 is 0 Å². The number of aliphatic carboxylic acids is 1. The number of carbonyl (C=O) groups excluding carboxylic acids is 2. The van der Waals surface area contributed by atoms with E-state index in [1.54, 1.807) is 20.8 Å². The number of alkyl carbamates (subject to hydrolysis) is 1. The first-order chi connectivity index (χ1) is 14.4. The first-order valence-corrected chi connectivity index (χ1v) is 10.7. The van der Waals surface area contributed by atoms with E-state index < -0.39 is 35.7 Å². The lowest BCUT2D eigenvalue weighted by Crippen LogP contribution is -2.53. The van der Waals surface area contributed by atoms with E-state index in [9.17, 15) is 19.5 Å². The molecule has 0 fully saturated rings. The van der Waals surface area contributed by atoms with Crippen LogP contribution in [0.3, 0.4) is 0 Å². The number of para-hydroxylation sites is 1. The molecule has 2 rings (SSSR count). The number of carboxylic acid groups (broad SMARTS) is 1. The molecule has 1 unspecified atom stereocenters. The van der Waals surface area contributed by atoms with Crippen LogP contribution in [0.2, 0.25) is 0 Å². The minimum absolute atomic E-state index is 0.0186. The molecule has 3 N–H and O–H groups in total. The first-order valence-electron chi connectivity index (χ1n) is 10.7. The maximum absolute atomic E-state index is 13.2. The highest BCUT2D eigenvalue weighted by Gasteiger charge is 2.36. The Morgan fingerprint density at radius 1 is 1.26 bits per heavy atom. The second-order valence-corrected chi connectivity index (χ2v) is 9.53. The van der Waals surface area contributed by atoms with Gasteiger partial charge >= 0.3 is 12.1 Å². The second kappa shape index (κ2) is 10.0. The van der Waals surface area contributed by atoms with Crippen LogP contribution < -0.4 is 10.6 Å². The monoisotopic (exact) mass is 433 g/mol. The van der Waals surface area contributed by atoms with Crippen molar-refractivity contribution in [3.8, 4) is 0 Å². The Bertz CT molecular complexity index is 803. The molecule has 1 aromatic rings. The van der Waals surface area contributed by atoms with Crippen molar-refractivity contribution < 1.29 is 24.2 Å². The zero-order valence-electron chi connectivity index (χ0n) is 19.3. The molecule has 3 atom stereocenters. The van der Waals surface area contributed by atoms with E-state index in [4.69, 9.17) is 4.74 Å². The Balaban J connectivity index is 2.15. The predicted octanol–water partition coefficient (Wildman–Crippen LogP) is 3.44. The summed E-state index contributed by atoms with van der Waals surface area (Å²) in [4.78, 5) is 38.8. The Morgan fingerprint density at radius 3 is 2.48 bits per heavy atom. The lowest BCUT2D eigenvalue weighted by Gasteiger charge is -2.31. The molecule has 0 saturated heterocycles. The van der Waals surface area contributed by atoms with E-state index in [1.807, 2.05) is 38.1 Å². The Morgan fingerprint density at radius 2 is 1.90 bits per heavy atom. The maximum atomic E-state index is 13.2. The van der Waals surface area contributed by atoms with Gasteiger partial charge in [0.05, 0.1) is 0 Å². The van der Waals surface area contributed by atoms with Crippen LogP contribution in [0, 0.1) is 5.92 Å². The summed E-state index contributed by atoms with van der Waals surface area (Å²) < 4.78 is 5.29. The van der Waals surface area contributed by atoms with Gasteiger partial charge < -0.3 is 25.4 Å². The summed E-state index contributed by atoms with van der Waals surface area (Å²) in [6.07, 6.45) is -0.0361. The molecule has 0 aromatic heterocycles. The van der Waals surface area contributed by atoms with Gasteiger partial charge in [-0.05, 0) is 51.2 Å². The largest absolute Gasteiger partial charge is 0.480 e. The molecule has 0 aliphatic carbocycles. The number of fused-ring (bicyclic) bond motifs is 1. The van der Waals surface area contributed by atoms with Crippen molar-refractivity contribution in [3.63, 3.8) is 0 Å². The van der Waals surface area contributed by atoms with E-state index in [2.05, 4.69) is 10.6 Å². The summed E-state index contributed by atoms with van der Waals surface area (Å²) in [5.74, 6) is -1.41. The van der Waals surface area contributed by atoms with Gasteiger partial charge in [-0.3, -0.25) is 4.79 Å². The standard InChI is InChI=1S/C23H35N3O5/c1-14(2)11-18(25-22(30)31-23(3,4)5)20(27)26(6)19(21(28)29)12-15-13-24-17-10-8-7-9-16(15)17/h7-10,14-15,18-19,24H,11-13H2,1-6H3,(H,25,30)(H,28,29)/t15?,18-,19-/m0/s1. The number of nitrogens with zero attached hydrogens (tertiary/aromatic N) is 1. The zero-order valence-corrected chi connectivity index (χ0v) is 19.3. The summed E-state index contributed by atoms with van der Waals surface area (Å²) in [6.45, 7) is 9.72. The molecule has 8 heteroatoms. The Labute approximate surface area is 184 Å². The molecule has 0 saturated carbocycles. The van der Waals surface area contributed by atoms with Crippen LogP contribution in [0.1, 0.15) is 58.9 Å². The Kier molecular flexibility index (Phi) is 7.92. The van der Waals surface area contributed by atoms with Crippen LogP contribution in [-0.4, -0.2) is 59.3 Å². The molecule has 1 heterocycles. The third-order valence-electron chi connectivity index (χ3n) is 5.24. The van der Waals surface area contributed by atoms with E-state index in [-0.39, 0.29) is 18.3 Å². The highest BCUT2D eigenvalue weighted by atomic mass is 16.6. The summed E-state index contributed by atoms with van der Waals surface area (Å²) in [5, 5.41) is 15.8. The molecule has 0 spiro atoms. The van der Waals surface area contributed by atoms with Crippen LogP contribution in [0.4, 0.5) is 10.5 Å². The molecule has 0 bridgehead atoms. The third kappa shape index (κ3) is 6.87. The number of benzene rings is 1. The van der Waals surface area contributed by atoms with E-state index in [1.165, 1.54) is 11.9 Å². The SMILES string of the molecule is CC(C)C[C@H](NC(=O)OC(C)(C)C)C(=O)N(C)[C@@H](CC1CNc2ccccc21)C(=O)O. The lowest BCUT2D eigenvalue weighted by molar-refractivity contribution is -0.150. The zero-order chi connectivity index (χ0) is 23.3. The molecule has 8 nitrogen and oxygen atoms in total. The number of likely N-dealkylation sites (N-methyl/N-ethyl adjacent to an activating group) is 1. The number of ether oxygens (including phenoxy) is 1. The van der Waals surface area contributed by atoms with Crippen LogP contribution in [-0.2, 0) is 14.3 Å². The van der Waals surface area contributed by atoms with E-state index in [0.717, 1.165) is 11.3 Å². The van der Waals surface area contributed by atoms with Crippen molar-refractivity contribution in [3.05, 3.63) is 29.8 Å². The average Bonchev–Trinajstić information content (AvgIpc) is 3.05. The van der Waals surface area contributed by atoms with Crippen LogP contribution in [0.25, 0.3) is 0 Å². The van der Waals surface area contributed by atoms with Crippen molar-refractivity contribution in [2.24, 2.45) is 5.92 Å². The van der Waals surface area contributed by atoms with E-state index >= 15 is 0 Å². The minimum Gasteiger partial charge on any atom is -0.480 e. The first kappa shape index (κ1) is 24.5. The molecule has 172 valence electrons.